The van der Waals surface area contributed by atoms with Crippen LogP contribution < -0.4 is 5.32 Å². The van der Waals surface area contributed by atoms with Gasteiger partial charge < -0.3 is 25.2 Å². The quantitative estimate of drug-likeness (QED) is 0.599. The molecule has 22 heavy (non-hydrogen) atoms. The second-order valence-corrected chi connectivity index (χ2v) is 5.12. The summed E-state index contributed by atoms with van der Waals surface area (Å²) in [7, 11) is 1.32. The van der Waals surface area contributed by atoms with Crippen molar-refractivity contribution in [2.24, 2.45) is 0 Å². The van der Waals surface area contributed by atoms with E-state index in [0.29, 0.717) is 0 Å². The lowest BCUT2D eigenvalue weighted by Gasteiger charge is -2.44. The Bertz CT molecular complexity index is 477. The van der Waals surface area contributed by atoms with Gasteiger partial charge in [-0.1, -0.05) is 0 Å². The maximum absolute atomic E-state index is 14.2. The van der Waals surface area contributed by atoms with Gasteiger partial charge in [0.25, 0.3) is 0 Å². The Hall–Kier alpha value is -1.81. The van der Waals surface area contributed by atoms with E-state index in [1.54, 1.807) is 0 Å². The Morgan fingerprint density at radius 2 is 1.91 bits per heavy atom. The van der Waals surface area contributed by atoms with Gasteiger partial charge in [-0.2, -0.15) is 4.39 Å². The second kappa shape index (κ2) is 6.53. The number of nitrogens with one attached hydrogen (secondary N) is 1. The van der Waals surface area contributed by atoms with Crippen molar-refractivity contribution >= 4 is 17.8 Å². The van der Waals surface area contributed by atoms with Crippen LogP contribution in [0.15, 0.2) is 0 Å². The molecular weight excluding hydrogens is 306 g/mol. The first-order valence-corrected chi connectivity index (χ1v) is 6.41. The van der Waals surface area contributed by atoms with E-state index in [-0.39, 0.29) is 6.54 Å². The highest BCUT2D eigenvalue weighted by atomic mass is 19.2. The van der Waals surface area contributed by atoms with Gasteiger partial charge in [0, 0.05) is 27.4 Å². The number of hydrogen-bond acceptors (Lipinski definition) is 5. The fourth-order valence-electron chi connectivity index (χ4n) is 2.11. The molecule has 126 valence electrons. The molecular formula is C12H18F2N2O6. The number of aliphatic hydroxyl groups excluding tert-OH is 1. The van der Waals surface area contributed by atoms with Gasteiger partial charge in [-0.3, -0.25) is 9.59 Å². The number of carboxylic acid groups (broad SMARTS) is 1. The lowest BCUT2D eigenvalue weighted by atomic mass is 9.91. The van der Waals surface area contributed by atoms with Crippen molar-refractivity contribution in [2.45, 2.75) is 44.1 Å². The number of nitrogens with zero attached hydrogens (tertiary/aromatic N) is 1. The molecule has 0 aromatic rings. The highest BCUT2D eigenvalue weighted by Gasteiger charge is 2.61. The standard InChI is InChI=1S/C12H18F2N2O6/c1-5(17)15-8-7(4-16(3)6(2)18)22-12(14,11(20)21)10(13)9(8)19/h7-10,19H,4H2,1-3H3,(H,15,17)(H,20,21)/t7?,8-,9+,10?,12+/m1/s1. The first-order chi connectivity index (χ1) is 10.0. The Morgan fingerprint density at radius 1 is 1.36 bits per heavy atom. The van der Waals surface area contributed by atoms with Crippen molar-refractivity contribution in [3.63, 3.8) is 0 Å². The van der Waals surface area contributed by atoms with E-state index in [0.717, 1.165) is 11.8 Å². The number of amides is 2. The van der Waals surface area contributed by atoms with Gasteiger partial charge in [0.15, 0.2) is 6.17 Å². The third kappa shape index (κ3) is 3.50. The molecule has 3 N–H and O–H groups in total. The molecule has 1 saturated heterocycles. The van der Waals surface area contributed by atoms with Crippen molar-refractivity contribution < 1.29 is 38.1 Å². The smallest absolute Gasteiger partial charge is 0.372 e. The number of alkyl halides is 2. The average Bonchev–Trinajstić information content (AvgIpc) is 2.40. The number of rotatable bonds is 4. The third-order valence-corrected chi connectivity index (χ3v) is 3.40. The third-order valence-electron chi connectivity index (χ3n) is 3.40. The van der Waals surface area contributed by atoms with Gasteiger partial charge in [0.05, 0.1) is 6.04 Å². The molecule has 0 aliphatic carbocycles. The molecule has 1 aliphatic heterocycles. The summed E-state index contributed by atoms with van der Waals surface area (Å²) in [6, 6.07) is -1.41. The van der Waals surface area contributed by atoms with Crippen molar-refractivity contribution in [3.8, 4) is 0 Å². The summed E-state index contributed by atoms with van der Waals surface area (Å²) in [5, 5.41) is 20.8. The molecule has 1 heterocycles. The predicted octanol–water partition coefficient (Wildman–Crippen LogP) is -1.18. The van der Waals surface area contributed by atoms with Crippen LogP contribution in [-0.4, -0.2) is 76.8 Å². The van der Waals surface area contributed by atoms with Crippen LogP contribution in [-0.2, 0) is 19.1 Å². The fourth-order valence-corrected chi connectivity index (χ4v) is 2.11. The highest BCUT2D eigenvalue weighted by Crippen LogP contribution is 2.34. The minimum Gasteiger partial charge on any atom is -0.477 e. The molecule has 8 nitrogen and oxygen atoms in total. The molecule has 2 unspecified atom stereocenters. The van der Waals surface area contributed by atoms with Crippen molar-refractivity contribution in [3.05, 3.63) is 0 Å². The number of aliphatic hydroxyl groups is 1. The number of carboxylic acids is 1. The van der Waals surface area contributed by atoms with Crippen LogP contribution in [0.25, 0.3) is 0 Å². The van der Waals surface area contributed by atoms with Crippen molar-refractivity contribution in [1.29, 1.82) is 0 Å². The summed E-state index contributed by atoms with van der Waals surface area (Å²) in [6.07, 6.45) is -6.49. The average molecular weight is 324 g/mol. The number of hydrogen-bond donors (Lipinski definition) is 3. The van der Waals surface area contributed by atoms with Crippen LogP contribution in [0.3, 0.4) is 0 Å². The zero-order valence-corrected chi connectivity index (χ0v) is 12.2. The maximum atomic E-state index is 14.2. The Labute approximate surface area is 125 Å². The van der Waals surface area contributed by atoms with Crippen LogP contribution in [0.1, 0.15) is 13.8 Å². The second-order valence-electron chi connectivity index (χ2n) is 5.12. The zero-order chi connectivity index (χ0) is 17.2. The van der Waals surface area contributed by atoms with Crippen LogP contribution in [0.2, 0.25) is 0 Å². The van der Waals surface area contributed by atoms with E-state index in [1.165, 1.54) is 14.0 Å². The maximum Gasteiger partial charge on any atom is 0.372 e. The van der Waals surface area contributed by atoms with E-state index in [1.807, 2.05) is 0 Å². The van der Waals surface area contributed by atoms with Gasteiger partial charge in [0.1, 0.15) is 12.2 Å². The van der Waals surface area contributed by atoms with E-state index in [9.17, 15) is 28.3 Å². The minimum absolute atomic E-state index is 0.344. The molecule has 0 radical (unpaired) electrons. The summed E-state index contributed by atoms with van der Waals surface area (Å²) in [6.45, 7) is 1.94. The van der Waals surface area contributed by atoms with Crippen LogP contribution in [0.4, 0.5) is 8.78 Å². The fraction of sp³-hybridized carbons (Fsp3) is 0.750. The molecule has 0 aromatic heterocycles. The molecule has 0 spiro atoms. The lowest BCUT2D eigenvalue weighted by Crippen LogP contribution is -2.69. The predicted molar refractivity (Wildman–Crippen MR) is 68.2 cm³/mol. The topological polar surface area (TPSA) is 116 Å². The highest BCUT2D eigenvalue weighted by molar-refractivity contribution is 5.77. The summed E-state index contributed by atoms with van der Waals surface area (Å²) < 4.78 is 32.7. The minimum atomic E-state index is -3.77. The van der Waals surface area contributed by atoms with Gasteiger partial charge in [0.2, 0.25) is 11.8 Å². The molecule has 1 fully saturated rings. The Balaban J connectivity index is 3.11. The van der Waals surface area contributed by atoms with Crippen molar-refractivity contribution in [2.75, 3.05) is 13.6 Å². The van der Waals surface area contributed by atoms with E-state index >= 15 is 0 Å². The van der Waals surface area contributed by atoms with Crippen molar-refractivity contribution in [1.82, 2.24) is 10.2 Å². The molecule has 0 bridgehead atoms. The number of carbonyl (C=O) groups excluding carboxylic acids is 2. The lowest BCUT2D eigenvalue weighted by molar-refractivity contribution is -0.275. The number of likely N-dealkylation sites (N-methyl/N-ethyl adjacent to an activating group) is 1. The van der Waals surface area contributed by atoms with Crippen LogP contribution in [0, 0.1) is 0 Å². The normalized spacial score (nSPS) is 34.8. The van der Waals surface area contributed by atoms with Crippen LogP contribution >= 0.6 is 0 Å². The molecule has 1 rings (SSSR count). The number of halogens is 2. The molecule has 0 aromatic carbocycles. The number of ether oxygens (including phenoxy) is 1. The molecule has 5 atom stereocenters. The Kier molecular flexibility index (Phi) is 5.41. The summed E-state index contributed by atoms with van der Waals surface area (Å²) >= 11 is 0. The monoisotopic (exact) mass is 324 g/mol. The largest absolute Gasteiger partial charge is 0.477 e. The zero-order valence-electron chi connectivity index (χ0n) is 12.2. The van der Waals surface area contributed by atoms with E-state index < -0.39 is 48.1 Å². The summed E-state index contributed by atoms with van der Waals surface area (Å²) in [5.74, 6) is -7.11. The summed E-state index contributed by atoms with van der Waals surface area (Å²) in [4.78, 5) is 34.3. The van der Waals surface area contributed by atoms with Gasteiger partial charge in [-0.15, -0.1) is 0 Å². The molecule has 0 saturated carbocycles. The molecule has 2 amide bonds. The molecule has 1 aliphatic rings. The van der Waals surface area contributed by atoms with Gasteiger partial charge >= 0.3 is 11.8 Å². The Morgan fingerprint density at radius 3 is 2.32 bits per heavy atom. The molecule has 10 heteroatoms. The van der Waals surface area contributed by atoms with Crippen LogP contribution in [0.5, 0.6) is 0 Å². The SMILES string of the molecule is CC(=O)N[C@@H]1C(CN(C)C(C)=O)O[C@](F)(C(=O)O)C(F)[C@H]1O. The number of aliphatic carboxylic acids is 1. The van der Waals surface area contributed by atoms with Gasteiger partial charge in [-0.25, -0.2) is 9.18 Å². The van der Waals surface area contributed by atoms with E-state index in [2.05, 4.69) is 10.1 Å². The van der Waals surface area contributed by atoms with E-state index in [4.69, 9.17) is 5.11 Å². The van der Waals surface area contributed by atoms with Gasteiger partial charge in [-0.05, 0) is 0 Å². The number of carbonyl (C=O) groups is 3. The first-order valence-electron chi connectivity index (χ1n) is 6.41. The summed E-state index contributed by atoms with van der Waals surface area (Å²) in [5.41, 5.74) is 0. The first kappa shape index (κ1) is 18.2.